The fourth-order valence-electron chi connectivity index (χ4n) is 5.54. The molecule has 0 bridgehead atoms. The number of aryl methyl sites for hydroxylation is 2. The van der Waals surface area contributed by atoms with E-state index in [4.69, 9.17) is 4.52 Å². The minimum Gasteiger partial charge on any atom is -0.319 e. The molecule has 0 spiro atoms. The summed E-state index contributed by atoms with van der Waals surface area (Å²) in [5.41, 5.74) is 2.81. The number of rotatable bonds is 5. The van der Waals surface area contributed by atoms with Gasteiger partial charge in [-0.25, -0.2) is 4.79 Å². The summed E-state index contributed by atoms with van der Waals surface area (Å²) in [6, 6.07) is 13.3. The fourth-order valence-corrected chi connectivity index (χ4v) is 5.54. The molecular formula is C26H26N2O4. The summed E-state index contributed by atoms with van der Waals surface area (Å²) in [6.45, 7) is 1.73. The van der Waals surface area contributed by atoms with Crippen LogP contribution in [0.15, 0.2) is 51.8 Å². The van der Waals surface area contributed by atoms with Gasteiger partial charge in [0.2, 0.25) is 5.78 Å². The molecule has 1 N–H and O–H groups in total. The van der Waals surface area contributed by atoms with Crippen molar-refractivity contribution in [3.05, 3.63) is 69.7 Å². The summed E-state index contributed by atoms with van der Waals surface area (Å²) in [5, 5.41) is 7.46. The average Bonchev–Trinajstić information content (AvgIpc) is 2.75. The molecule has 1 amide bonds. The smallest absolute Gasteiger partial charge is 0.319 e. The van der Waals surface area contributed by atoms with Gasteiger partial charge in [0.05, 0.1) is 11.1 Å². The highest BCUT2D eigenvalue weighted by molar-refractivity contribution is 6.40. The fraction of sp³-hybridized carbons (Fsp3) is 0.385. The van der Waals surface area contributed by atoms with Crippen molar-refractivity contribution in [3.63, 3.8) is 0 Å². The molecular weight excluding hydrogens is 404 g/mol. The van der Waals surface area contributed by atoms with Crippen LogP contribution in [0, 0.1) is 12.8 Å². The lowest BCUT2D eigenvalue weighted by Crippen LogP contribution is -2.45. The molecule has 5 rings (SSSR count). The van der Waals surface area contributed by atoms with E-state index in [1.807, 2.05) is 6.07 Å². The molecule has 6 heteroatoms. The monoisotopic (exact) mass is 430 g/mol. The second-order valence-electron chi connectivity index (χ2n) is 9.16. The SMILES string of the molecule is Cc1noc(=O)c2ccc(NC(=O)C(=O)CC3(C4CCC4)CCCc4ccccc43)cc12. The molecule has 3 aromatic rings. The Balaban J connectivity index is 1.41. The molecule has 2 aliphatic carbocycles. The third-order valence-corrected chi connectivity index (χ3v) is 7.39. The zero-order valence-corrected chi connectivity index (χ0v) is 18.1. The Morgan fingerprint density at radius 3 is 2.72 bits per heavy atom. The minimum atomic E-state index is -0.611. The highest BCUT2D eigenvalue weighted by Gasteiger charge is 2.47. The third-order valence-electron chi connectivity index (χ3n) is 7.39. The molecule has 0 saturated heterocycles. The van der Waals surface area contributed by atoms with Crippen LogP contribution in [0.3, 0.4) is 0 Å². The molecule has 1 heterocycles. The quantitative estimate of drug-likeness (QED) is 0.604. The second kappa shape index (κ2) is 8.01. The Morgan fingerprint density at radius 2 is 1.94 bits per heavy atom. The number of hydrogen-bond acceptors (Lipinski definition) is 5. The van der Waals surface area contributed by atoms with Crippen molar-refractivity contribution in [1.82, 2.24) is 5.16 Å². The van der Waals surface area contributed by atoms with Crippen LogP contribution < -0.4 is 10.9 Å². The molecule has 32 heavy (non-hydrogen) atoms. The summed E-state index contributed by atoms with van der Waals surface area (Å²) in [7, 11) is 0. The van der Waals surface area contributed by atoms with Gasteiger partial charge in [-0.15, -0.1) is 0 Å². The Labute approximate surface area is 186 Å². The van der Waals surface area contributed by atoms with Crippen molar-refractivity contribution in [2.45, 2.75) is 57.3 Å². The molecule has 1 saturated carbocycles. The molecule has 1 aromatic heterocycles. The number of fused-ring (bicyclic) bond motifs is 2. The van der Waals surface area contributed by atoms with Crippen molar-refractivity contribution in [2.24, 2.45) is 5.92 Å². The van der Waals surface area contributed by atoms with Crippen LogP contribution in [0.5, 0.6) is 0 Å². The van der Waals surface area contributed by atoms with E-state index in [0.717, 1.165) is 32.1 Å². The van der Waals surface area contributed by atoms with Crippen molar-refractivity contribution in [2.75, 3.05) is 5.32 Å². The summed E-state index contributed by atoms with van der Waals surface area (Å²) < 4.78 is 4.75. The standard InChI is InChI=1S/C26H26N2O4/c1-16-21-14-19(11-12-20(21)25(31)32-28-16)27-24(30)23(29)15-26(18-8-4-9-18)13-5-7-17-6-2-3-10-22(17)26/h2-3,6,10-12,14,18H,4-5,7-9,13,15H2,1H3,(H,27,30). The number of ketones is 1. The first-order valence-corrected chi connectivity index (χ1v) is 11.3. The van der Waals surface area contributed by atoms with Crippen LogP contribution >= 0.6 is 0 Å². The molecule has 0 aliphatic heterocycles. The van der Waals surface area contributed by atoms with Gasteiger partial charge in [0.25, 0.3) is 5.91 Å². The molecule has 164 valence electrons. The number of benzene rings is 2. The van der Waals surface area contributed by atoms with Gasteiger partial charge >= 0.3 is 5.63 Å². The maximum Gasteiger partial charge on any atom is 0.366 e. The number of anilines is 1. The van der Waals surface area contributed by atoms with Crippen molar-refractivity contribution in [1.29, 1.82) is 0 Å². The molecule has 1 atom stereocenters. The Kier molecular flexibility index (Phi) is 5.16. The number of nitrogens with one attached hydrogen (secondary N) is 1. The van der Waals surface area contributed by atoms with Crippen LogP contribution in [0.2, 0.25) is 0 Å². The normalized spacial score (nSPS) is 20.4. The van der Waals surface area contributed by atoms with Gasteiger partial charge in [-0.1, -0.05) is 35.8 Å². The van der Waals surface area contributed by atoms with Crippen LogP contribution in [0.25, 0.3) is 10.8 Å². The third kappa shape index (κ3) is 3.44. The number of amides is 1. The number of nitrogens with zero attached hydrogens (tertiary/aromatic N) is 1. The lowest BCUT2D eigenvalue weighted by Gasteiger charge is -2.48. The predicted octanol–water partition coefficient (Wildman–Crippen LogP) is 4.47. The first kappa shape index (κ1) is 20.6. The Hall–Kier alpha value is -3.28. The summed E-state index contributed by atoms with van der Waals surface area (Å²) in [6.07, 6.45) is 6.67. The number of hydrogen-bond donors (Lipinski definition) is 1. The van der Waals surface area contributed by atoms with E-state index in [-0.39, 0.29) is 11.8 Å². The van der Waals surface area contributed by atoms with Crippen molar-refractivity contribution in [3.8, 4) is 0 Å². The Morgan fingerprint density at radius 1 is 1.12 bits per heavy atom. The van der Waals surface area contributed by atoms with E-state index in [9.17, 15) is 14.4 Å². The maximum atomic E-state index is 13.2. The van der Waals surface area contributed by atoms with Gasteiger partial charge in [0, 0.05) is 22.9 Å². The lowest BCUT2D eigenvalue weighted by molar-refractivity contribution is -0.136. The minimum absolute atomic E-state index is 0.234. The van der Waals surface area contributed by atoms with E-state index in [1.165, 1.54) is 17.5 Å². The van der Waals surface area contributed by atoms with Gasteiger partial charge in [-0.3, -0.25) is 9.59 Å². The van der Waals surface area contributed by atoms with Gasteiger partial charge in [-0.2, -0.15) is 0 Å². The highest BCUT2D eigenvalue weighted by atomic mass is 16.5. The van der Waals surface area contributed by atoms with E-state index in [0.29, 0.717) is 28.1 Å². The Bertz CT molecular complexity index is 1270. The second-order valence-corrected chi connectivity index (χ2v) is 9.16. The van der Waals surface area contributed by atoms with Crippen LogP contribution in [0.4, 0.5) is 5.69 Å². The highest BCUT2D eigenvalue weighted by Crippen LogP contribution is 2.52. The molecule has 0 radical (unpaired) electrons. The largest absolute Gasteiger partial charge is 0.366 e. The molecule has 1 fully saturated rings. The van der Waals surface area contributed by atoms with Gasteiger partial charge < -0.3 is 9.84 Å². The summed E-state index contributed by atoms with van der Waals surface area (Å²) in [5.74, 6) is -0.551. The van der Waals surface area contributed by atoms with E-state index in [1.54, 1.807) is 25.1 Å². The predicted molar refractivity (Wildman–Crippen MR) is 122 cm³/mol. The zero-order valence-electron chi connectivity index (χ0n) is 18.1. The summed E-state index contributed by atoms with van der Waals surface area (Å²) >= 11 is 0. The van der Waals surface area contributed by atoms with Gasteiger partial charge in [-0.05, 0) is 74.3 Å². The average molecular weight is 431 g/mol. The van der Waals surface area contributed by atoms with E-state index >= 15 is 0 Å². The van der Waals surface area contributed by atoms with Crippen LogP contribution in [-0.2, 0) is 21.4 Å². The van der Waals surface area contributed by atoms with Crippen molar-refractivity contribution >= 4 is 28.2 Å². The molecule has 2 aromatic carbocycles. The van der Waals surface area contributed by atoms with Gasteiger partial charge in [0.15, 0.2) is 0 Å². The molecule has 1 unspecified atom stereocenters. The maximum absolute atomic E-state index is 13.2. The lowest BCUT2D eigenvalue weighted by atomic mass is 9.55. The van der Waals surface area contributed by atoms with E-state index in [2.05, 4.69) is 28.7 Å². The number of aromatic nitrogens is 1. The van der Waals surface area contributed by atoms with Gasteiger partial charge in [0.1, 0.15) is 0 Å². The van der Waals surface area contributed by atoms with Crippen LogP contribution in [0.1, 0.15) is 55.3 Å². The number of carbonyl (C=O) groups is 2. The van der Waals surface area contributed by atoms with Crippen LogP contribution in [-0.4, -0.2) is 16.8 Å². The first-order valence-electron chi connectivity index (χ1n) is 11.3. The first-order chi connectivity index (χ1) is 15.5. The topological polar surface area (TPSA) is 89.3 Å². The molecule has 6 nitrogen and oxygen atoms in total. The zero-order chi connectivity index (χ0) is 22.3. The van der Waals surface area contributed by atoms with E-state index < -0.39 is 17.3 Å². The van der Waals surface area contributed by atoms with Crippen molar-refractivity contribution < 1.29 is 14.1 Å². The number of Topliss-reactive ketones (excluding diaryl/α,β-unsaturated/α-hetero) is 1. The summed E-state index contributed by atoms with van der Waals surface area (Å²) in [4.78, 5) is 37.9. The number of carbonyl (C=O) groups excluding carboxylic acids is 2. The molecule has 2 aliphatic rings.